The Kier molecular flexibility index (Phi) is 4.50. The molecule has 0 saturated carbocycles. The Morgan fingerprint density at radius 3 is 2.80 bits per heavy atom. The summed E-state index contributed by atoms with van der Waals surface area (Å²) in [5.41, 5.74) is 0.550. The summed E-state index contributed by atoms with van der Waals surface area (Å²) in [6.07, 6.45) is 2.85. The van der Waals surface area contributed by atoms with E-state index in [0.29, 0.717) is 5.69 Å². The lowest BCUT2D eigenvalue weighted by Crippen LogP contribution is -2.21. The van der Waals surface area contributed by atoms with E-state index in [2.05, 4.69) is 9.97 Å². The normalized spacial score (nSPS) is 10.9. The number of rotatable bonds is 3. The maximum absolute atomic E-state index is 13.8. The van der Waals surface area contributed by atoms with Crippen molar-refractivity contribution in [2.24, 2.45) is 0 Å². The van der Waals surface area contributed by atoms with Gasteiger partial charge >= 0.3 is 5.97 Å². The Labute approximate surface area is 146 Å². The molecule has 0 unspecified atom stereocenters. The fourth-order valence-electron chi connectivity index (χ4n) is 2.36. The van der Waals surface area contributed by atoms with Crippen LogP contribution in [0, 0.1) is 12.7 Å². The second kappa shape index (κ2) is 6.60. The van der Waals surface area contributed by atoms with Crippen LogP contribution in [0.3, 0.4) is 0 Å². The van der Waals surface area contributed by atoms with Crippen LogP contribution < -0.4 is 5.43 Å². The van der Waals surface area contributed by atoms with Crippen LogP contribution in [0.2, 0.25) is 5.15 Å². The summed E-state index contributed by atoms with van der Waals surface area (Å²) in [4.78, 5) is 32.8. The van der Waals surface area contributed by atoms with Crippen LogP contribution >= 0.6 is 11.6 Å². The zero-order chi connectivity index (χ0) is 18.1. The summed E-state index contributed by atoms with van der Waals surface area (Å²) in [5.74, 6) is -1.64. The van der Waals surface area contributed by atoms with Gasteiger partial charge in [0.25, 0.3) is 0 Å². The smallest absolute Gasteiger partial charge is 0.343 e. The number of fused-ring (bicyclic) bond motifs is 1. The quantitative estimate of drug-likeness (QED) is 0.529. The average molecular weight is 362 g/mol. The zero-order valence-corrected chi connectivity index (χ0v) is 14.2. The number of carbonyl (C=O) groups excluding carboxylic acids is 1. The zero-order valence-electron chi connectivity index (χ0n) is 13.4. The molecule has 0 bridgehead atoms. The van der Waals surface area contributed by atoms with Gasteiger partial charge in [0.05, 0.1) is 23.9 Å². The molecule has 8 heteroatoms. The fraction of sp³-hybridized carbons (Fsp3) is 0.176. The molecule has 0 aliphatic rings. The van der Waals surface area contributed by atoms with E-state index < -0.39 is 17.2 Å². The van der Waals surface area contributed by atoms with Gasteiger partial charge in [-0.3, -0.25) is 14.3 Å². The van der Waals surface area contributed by atoms with Crippen LogP contribution in [0.4, 0.5) is 4.39 Å². The molecule has 128 valence electrons. The molecule has 0 spiro atoms. The van der Waals surface area contributed by atoms with E-state index in [-0.39, 0.29) is 28.4 Å². The van der Waals surface area contributed by atoms with Crippen LogP contribution in [0.5, 0.6) is 0 Å². The van der Waals surface area contributed by atoms with Gasteiger partial charge in [0.15, 0.2) is 11.0 Å². The number of esters is 1. The maximum atomic E-state index is 13.8. The van der Waals surface area contributed by atoms with Crippen molar-refractivity contribution in [2.45, 2.75) is 13.8 Å². The van der Waals surface area contributed by atoms with Gasteiger partial charge in [-0.15, -0.1) is 0 Å². The van der Waals surface area contributed by atoms with Gasteiger partial charge < -0.3 is 4.74 Å². The van der Waals surface area contributed by atoms with E-state index in [1.54, 1.807) is 25.3 Å². The third-order valence-electron chi connectivity index (χ3n) is 3.56. The fourth-order valence-corrected chi connectivity index (χ4v) is 2.49. The Hall–Kier alpha value is -2.80. The third kappa shape index (κ3) is 3.10. The number of aromatic nitrogens is 3. The molecule has 0 amide bonds. The van der Waals surface area contributed by atoms with Gasteiger partial charge in [-0.05, 0) is 32.0 Å². The number of hydrogen-bond donors (Lipinski definition) is 0. The van der Waals surface area contributed by atoms with Gasteiger partial charge in [0.2, 0.25) is 5.43 Å². The van der Waals surface area contributed by atoms with Crippen molar-refractivity contribution in [3.63, 3.8) is 0 Å². The number of halogens is 2. The van der Waals surface area contributed by atoms with Crippen LogP contribution in [-0.2, 0) is 4.74 Å². The Balaban J connectivity index is 2.39. The minimum absolute atomic E-state index is 0.0759. The molecule has 0 saturated heterocycles. The lowest BCUT2D eigenvalue weighted by molar-refractivity contribution is 0.0524. The molecular weight excluding hydrogens is 349 g/mol. The molecule has 0 aliphatic carbocycles. The molecule has 3 heterocycles. The molecule has 0 fully saturated rings. The second-order valence-corrected chi connectivity index (χ2v) is 5.61. The van der Waals surface area contributed by atoms with Crippen LogP contribution in [0.25, 0.3) is 16.7 Å². The number of hydrogen-bond acceptors (Lipinski definition) is 5. The highest BCUT2D eigenvalue weighted by molar-refractivity contribution is 6.29. The van der Waals surface area contributed by atoms with E-state index in [1.807, 2.05) is 6.92 Å². The van der Waals surface area contributed by atoms with Crippen molar-refractivity contribution >= 4 is 28.6 Å². The number of carbonyl (C=O) groups is 1. The summed E-state index contributed by atoms with van der Waals surface area (Å²) in [7, 11) is 0. The first kappa shape index (κ1) is 17.0. The maximum Gasteiger partial charge on any atom is 0.343 e. The van der Waals surface area contributed by atoms with E-state index >= 15 is 0 Å². The first-order valence-electron chi connectivity index (χ1n) is 7.44. The molecule has 6 nitrogen and oxygen atoms in total. The number of aryl methyl sites for hydroxylation is 1. The highest BCUT2D eigenvalue weighted by atomic mass is 35.5. The Morgan fingerprint density at radius 1 is 1.40 bits per heavy atom. The van der Waals surface area contributed by atoms with E-state index in [9.17, 15) is 14.0 Å². The van der Waals surface area contributed by atoms with Gasteiger partial charge in [-0.1, -0.05) is 11.6 Å². The van der Waals surface area contributed by atoms with Crippen molar-refractivity contribution in [1.29, 1.82) is 0 Å². The van der Waals surface area contributed by atoms with Crippen molar-refractivity contribution in [2.75, 3.05) is 6.61 Å². The average Bonchev–Trinajstić information content (AvgIpc) is 2.58. The predicted molar refractivity (Wildman–Crippen MR) is 90.8 cm³/mol. The van der Waals surface area contributed by atoms with Gasteiger partial charge in [0.1, 0.15) is 11.2 Å². The van der Waals surface area contributed by atoms with Gasteiger partial charge in [0, 0.05) is 11.9 Å². The summed E-state index contributed by atoms with van der Waals surface area (Å²) >= 11 is 5.77. The van der Waals surface area contributed by atoms with Crippen molar-refractivity contribution in [3.8, 4) is 5.69 Å². The summed E-state index contributed by atoms with van der Waals surface area (Å²) in [6, 6.07) is 4.46. The molecule has 0 N–H and O–H groups in total. The van der Waals surface area contributed by atoms with Crippen molar-refractivity contribution in [1.82, 2.24) is 14.5 Å². The number of nitrogens with zero attached hydrogens (tertiary/aromatic N) is 3. The molecule has 0 radical (unpaired) electrons. The number of pyridine rings is 3. The lowest BCUT2D eigenvalue weighted by Gasteiger charge is -2.13. The monoisotopic (exact) mass is 361 g/mol. The Morgan fingerprint density at radius 2 is 2.16 bits per heavy atom. The highest BCUT2D eigenvalue weighted by Crippen LogP contribution is 2.21. The highest BCUT2D eigenvalue weighted by Gasteiger charge is 2.19. The largest absolute Gasteiger partial charge is 0.462 e. The predicted octanol–water partition coefficient (Wildman–Crippen LogP) is 3.06. The van der Waals surface area contributed by atoms with E-state index in [1.165, 1.54) is 10.8 Å². The van der Waals surface area contributed by atoms with Crippen LogP contribution in [-0.4, -0.2) is 27.1 Å². The second-order valence-electron chi connectivity index (χ2n) is 5.25. The third-order valence-corrected chi connectivity index (χ3v) is 3.82. The standard InChI is InChI=1S/C17H13ClFN3O3/c1-3-25-17(24)12-8-22(10-5-4-9(2)20-7-10)16-11(14(12)23)6-13(19)15(18)21-16/h4-8H,3H2,1-2H3. The minimum Gasteiger partial charge on any atom is -0.462 e. The molecule has 3 rings (SSSR count). The van der Waals surface area contributed by atoms with Crippen LogP contribution in [0.1, 0.15) is 23.0 Å². The molecule has 3 aromatic heterocycles. The molecule has 0 atom stereocenters. The van der Waals surface area contributed by atoms with Gasteiger partial charge in [-0.25, -0.2) is 14.2 Å². The minimum atomic E-state index is -0.846. The van der Waals surface area contributed by atoms with Crippen molar-refractivity contribution < 1.29 is 13.9 Å². The summed E-state index contributed by atoms with van der Waals surface area (Å²) < 4.78 is 20.2. The summed E-state index contributed by atoms with van der Waals surface area (Å²) in [6.45, 7) is 3.56. The van der Waals surface area contributed by atoms with E-state index in [0.717, 1.165) is 11.8 Å². The SMILES string of the molecule is CCOC(=O)c1cn(-c2ccc(C)nc2)c2nc(Cl)c(F)cc2c1=O. The van der Waals surface area contributed by atoms with Crippen LogP contribution in [0.15, 0.2) is 35.4 Å². The van der Waals surface area contributed by atoms with Gasteiger partial charge in [-0.2, -0.15) is 0 Å². The molecular formula is C17H13ClFN3O3. The first-order chi connectivity index (χ1) is 11.9. The molecule has 3 aromatic rings. The lowest BCUT2D eigenvalue weighted by atomic mass is 10.2. The summed E-state index contributed by atoms with van der Waals surface area (Å²) in [5, 5.41) is -0.447. The molecule has 0 aliphatic heterocycles. The van der Waals surface area contributed by atoms with Crippen molar-refractivity contribution in [3.05, 3.63) is 63.0 Å². The topological polar surface area (TPSA) is 74.1 Å². The molecule has 0 aromatic carbocycles. The Bertz CT molecular complexity index is 1030. The van der Waals surface area contributed by atoms with E-state index in [4.69, 9.17) is 16.3 Å². The number of ether oxygens (including phenoxy) is 1. The first-order valence-corrected chi connectivity index (χ1v) is 7.81. The molecule has 25 heavy (non-hydrogen) atoms.